The van der Waals surface area contributed by atoms with Crippen molar-refractivity contribution >= 4 is 0 Å². The van der Waals surface area contributed by atoms with Crippen LogP contribution in [0.15, 0.2) is 12.2 Å². The number of hydrogen-bond donors (Lipinski definition) is 1. The highest BCUT2D eigenvalue weighted by atomic mass is 16.3. The SMILES string of the molecule is C=C1CC[C@]2(C)CC[C@]3(C)[C@H](CC[C@@H]4[C@@]5(C)CC[C@H](O)C(C)(C)[C@@H]5CC[C@]43C)[C@H]2[C@H]1C. The third-order valence-corrected chi connectivity index (χ3v) is 13.6. The van der Waals surface area contributed by atoms with E-state index in [-0.39, 0.29) is 11.5 Å². The Bertz CT molecular complexity index is 766. The van der Waals surface area contributed by atoms with E-state index in [0.29, 0.717) is 33.5 Å². The summed E-state index contributed by atoms with van der Waals surface area (Å²) in [7, 11) is 0. The van der Waals surface area contributed by atoms with Gasteiger partial charge >= 0.3 is 0 Å². The minimum Gasteiger partial charge on any atom is -0.393 e. The molecule has 0 aromatic carbocycles. The van der Waals surface area contributed by atoms with E-state index in [4.69, 9.17) is 0 Å². The molecule has 0 spiro atoms. The quantitative estimate of drug-likeness (QED) is 0.389. The van der Waals surface area contributed by atoms with Crippen LogP contribution in [0.3, 0.4) is 0 Å². The summed E-state index contributed by atoms with van der Waals surface area (Å²) >= 11 is 0. The Hall–Kier alpha value is -0.300. The lowest BCUT2D eigenvalue weighted by molar-refractivity contribution is -0.251. The summed E-state index contributed by atoms with van der Waals surface area (Å²) in [6, 6.07) is 0. The van der Waals surface area contributed by atoms with Crippen LogP contribution < -0.4 is 0 Å². The Labute approximate surface area is 192 Å². The van der Waals surface area contributed by atoms with Crippen LogP contribution in [0.2, 0.25) is 0 Å². The van der Waals surface area contributed by atoms with E-state index >= 15 is 0 Å². The van der Waals surface area contributed by atoms with Crippen LogP contribution in [-0.2, 0) is 0 Å². The molecule has 5 aliphatic rings. The highest BCUT2D eigenvalue weighted by molar-refractivity contribution is 5.21. The van der Waals surface area contributed by atoms with Crippen LogP contribution in [0, 0.1) is 56.7 Å². The number of aliphatic hydroxyl groups excluding tert-OH is 1. The van der Waals surface area contributed by atoms with E-state index in [0.717, 1.165) is 24.2 Å². The molecular weight excluding hydrogens is 376 g/mol. The molecule has 31 heavy (non-hydrogen) atoms. The van der Waals surface area contributed by atoms with E-state index in [1.165, 1.54) is 63.4 Å². The van der Waals surface area contributed by atoms with Crippen LogP contribution in [0.5, 0.6) is 0 Å². The van der Waals surface area contributed by atoms with Crippen LogP contribution in [0.1, 0.15) is 113 Å². The van der Waals surface area contributed by atoms with E-state index in [2.05, 4.69) is 55.0 Å². The molecule has 1 nitrogen and oxygen atoms in total. The zero-order valence-corrected chi connectivity index (χ0v) is 21.7. The molecule has 1 heteroatoms. The van der Waals surface area contributed by atoms with Crippen molar-refractivity contribution in [2.24, 2.45) is 56.7 Å². The first-order valence-corrected chi connectivity index (χ1v) is 13.7. The molecule has 5 aliphatic carbocycles. The van der Waals surface area contributed by atoms with Crippen molar-refractivity contribution in [2.75, 3.05) is 0 Å². The lowest BCUT2D eigenvalue weighted by Gasteiger charge is -2.73. The topological polar surface area (TPSA) is 20.2 Å². The highest BCUT2D eigenvalue weighted by Gasteiger charge is 2.69. The van der Waals surface area contributed by atoms with Gasteiger partial charge < -0.3 is 5.11 Å². The van der Waals surface area contributed by atoms with Crippen LogP contribution in [0.25, 0.3) is 0 Å². The third-order valence-electron chi connectivity index (χ3n) is 13.6. The summed E-state index contributed by atoms with van der Waals surface area (Å²) in [5.41, 5.74) is 3.43. The molecule has 0 radical (unpaired) electrons. The highest BCUT2D eigenvalue weighted by Crippen LogP contribution is 2.76. The van der Waals surface area contributed by atoms with Crippen molar-refractivity contribution in [1.29, 1.82) is 0 Å². The Balaban J connectivity index is 1.54. The number of rotatable bonds is 0. The molecule has 10 atom stereocenters. The van der Waals surface area contributed by atoms with Gasteiger partial charge in [-0.3, -0.25) is 0 Å². The first-order valence-electron chi connectivity index (χ1n) is 13.7. The Morgan fingerprint density at radius 2 is 1.48 bits per heavy atom. The summed E-state index contributed by atoms with van der Waals surface area (Å²) in [5, 5.41) is 10.9. The monoisotopic (exact) mass is 426 g/mol. The first kappa shape index (κ1) is 22.5. The summed E-state index contributed by atoms with van der Waals surface area (Å²) in [4.78, 5) is 0. The molecule has 0 bridgehead atoms. The lowest BCUT2D eigenvalue weighted by atomic mass is 9.31. The van der Waals surface area contributed by atoms with Crippen LogP contribution in [-0.4, -0.2) is 11.2 Å². The van der Waals surface area contributed by atoms with E-state index in [1.54, 1.807) is 0 Å². The summed E-state index contributed by atoms with van der Waals surface area (Å²) < 4.78 is 0. The molecule has 0 amide bonds. The lowest BCUT2D eigenvalue weighted by Crippen LogP contribution is -2.67. The van der Waals surface area contributed by atoms with Crippen molar-refractivity contribution in [1.82, 2.24) is 0 Å². The van der Waals surface area contributed by atoms with Gasteiger partial charge in [-0.15, -0.1) is 0 Å². The molecule has 5 rings (SSSR count). The van der Waals surface area contributed by atoms with Gasteiger partial charge in [-0.25, -0.2) is 0 Å². The molecule has 5 saturated carbocycles. The maximum absolute atomic E-state index is 10.9. The van der Waals surface area contributed by atoms with Gasteiger partial charge in [-0.2, -0.15) is 0 Å². The predicted molar refractivity (Wildman–Crippen MR) is 131 cm³/mol. The van der Waals surface area contributed by atoms with Gasteiger partial charge in [-0.1, -0.05) is 60.6 Å². The van der Waals surface area contributed by atoms with Crippen molar-refractivity contribution in [3.63, 3.8) is 0 Å². The molecular formula is C30H50O. The smallest absolute Gasteiger partial charge is 0.0594 e. The largest absolute Gasteiger partial charge is 0.393 e. The average molecular weight is 427 g/mol. The maximum atomic E-state index is 10.9. The molecule has 0 aliphatic heterocycles. The Morgan fingerprint density at radius 3 is 2.19 bits per heavy atom. The number of allylic oxidation sites excluding steroid dienone is 1. The fourth-order valence-corrected chi connectivity index (χ4v) is 11.4. The van der Waals surface area contributed by atoms with Crippen LogP contribution >= 0.6 is 0 Å². The zero-order chi connectivity index (χ0) is 22.6. The molecule has 176 valence electrons. The average Bonchev–Trinajstić information content (AvgIpc) is 2.69. The second-order valence-electron chi connectivity index (χ2n) is 14.7. The number of fused-ring (bicyclic) bond motifs is 7. The van der Waals surface area contributed by atoms with Gasteiger partial charge in [0.2, 0.25) is 0 Å². The van der Waals surface area contributed by atoms with Crippen LogP contribution in [0.4, 0.5) is 0 Å². The second-order valence-corrected chi connectivity index (χ2v) is 14.7. The van der Waals surface area contributed by atoms with Gasteiger partial charge in [0, 0.05) is 0 Å². The summed E-state index contributed by atoms with van der Waals surface area (Å²) in [5.74, 6) is 3.88. The van der Waals surface area contributed by atoms with Crippen molar-refractivity contribution in [3.8, 4) is 0 Å². The molecule has 5 fully saturated rings. The Morgan fingerprint density at radius 1 is 0.774 bits per heavy atom. The molecule has 0 unspecified atom stereocenters. The normalized spacial score (nSPS) is 58.5. The number of aliphatic hydroxyl groups is 1. The fraction of sp³-hybridized carbons (Fsp3) is 0.933. The second kappa shape index (κ2) is 6.64. The Kier molecular flexibility index (Phi) is 4.82. The van der Waals surface area contributed by atoms with Gasteiger partial charge in [0.25, 0.3) is 0 Å². The van der Waals surface area contributed by atoms with Crippen molar-refractivity contribution in [2.45, 2.75) is 119 Å². The maximum Gasteiger partial charge on any atom is 0.0594 e. The first-order chi connectivity index (χ1) is 14.3. The van der Waals surface area contributed by atoms with Crippen molar-refractivity contribution < 1.29 is 5.11 Å². The standard InChI is InChI=1S/C30H50O/c1-19-11-14-27(5)17-18-29(7)21(25(27)20(19)2)9-10-23-28(6)15-13-24(31)26(3,4)22(28)12-16-30(23,29)8/h20-25,31H,1,9-18H2,2-8H3/t20-,21+,22-,23+,24-,25+,27+,28-,29+,30+/m0/s1. The molecule has 0 heterocycles. The van der Waals surface area contributed by atoms with Gasteiger partial charge in [0.1, 0.15) is 0 Å². The number of hydrogen-bond acceptors (Lipinski definition) is 1. The van der Waals surface area contributed by atoms with E-state index in [1.807, 2.05) is 0 Å². The van der Waals surface area contributed by atoms with Crippen molar-refractivity contribution in [3.05, 3.63) is 12.2 Å². The molecule has 0 aromatic rings. The fourth-order valence-electron chi connectivity index (χ4n) is 11.4. The summed E-state index contributed by atoms with van der Waals surface area (Å²) in [6.07, 6.45) is 13.2. The minimum atomic E-state index is -0.119. The van der Waals surface area contributed by atoms with E-state index < -0.39 is 0 Å². The van der Waals surface area contributed by atoms with Gasteiger partial charge in [0.05, 0.1) is 6.10 Å². The minimum absolute atomic E-state index is 0.0623. The predicted octanol–water partition coefficient (Wildman–Crippen LogP) is 8.02. The molecule has 0 aromatic heterocycles. The summed E-state index contributed by atoms with van der Waals surface area (Å²) in [6.45, 7) is 22.6. The van der Waals surface area contributed by atoms with Gasteiger partial charge in [0.15, 0.2) is 0 Å². The molecule has 1 N–H and O–H groups in total. The zero-order valence-electron chi connectivity index (χ0n) is 21.7. The van der Waals surface area contributed by atoms with Gasteiger partial charge in [-0.05, 0) is 121 Å². The van der Waals surface area contributed by atoms with E-state index in [9.17, 15) is 5.11 Å². The molecule has 0 saturated heterocycles. The third kappa shape index (κ3) is 2.65.